The molecule has 12 nitrogen and oxygen atoms in total. The number of carbonyl (C=O) groups excluding carboxylic acids is 3. The molecule has 12 heteroatoms. The van der Waals surface area contributed by atoms with Crippen LogP contribution in [0.5, 0.6) is 17.2 Å². The predicted octanol–water partition coefficient (Wildman–Crippen LogP) is 4.25. The van der Waals surface area contributed by atoms with Crippen LogP contribution >= 0.6 is 0 Å². The zero-order chi connectivity index (χ0) is 30.5. The van der Waals surface area contributed by atoms with Gasteiger partial charge in [0.15, 0.2) is 11.5 Å². The number of hydrogen-bond donors (Lipinski definition) is 4. The van der Waals surface area contributed by atoms with Crippen LogP contribution in [0.15, 0.2) is 36.4 Å². The van der Waals surface area contributed by atoms with E-state index in [1.54, 1.807) is 60.2 Å². The topological polar surface area (TPSA) is 142 Å². The molecule has 0 spiro atoms. The number of aliphatic hydroxyl groups is 1. The summed E-state index contributed by atoms with van der Waals surface area (Å²) in [7, 11) is 1.75. The van der Waals surface area contributed by atoms with Gasteiger partial charge in [0.05, 0.1) is 24.8 Å². The molecule has 3 aliphatic rings. The highest BCUT2D eigenvalue weighted by Gasteiger charge is 2.34. The van der Waals surface area contributed by atoms with Crippen LogP contribution in [0.2, 0.25) is 0 Å². The number of aliphatic hydroxyl groups excluding tert-OH is 1. The summed E-state index contributed by atoms with van der Waals surface area (Å²) >= 11 is 0. The smallest absolute Gasteiger partial charge is 0.323 e. The van der Waals surface area contributed by atoms with Crippen molar-refractivity contribution in [2.24, 2.45) is 5.92 Å². The molecule has 2 heterocycles. The number of rotatable bonds is 7. The summed E-state index contributed by atoms with van der Waals surface area (Å²) < 4.78 is 17.1. The highest BCUT2D eigenvalue weighted by atomic mass is 16.7. The molecule has 2 aliphatic heterocycles. The average Bonchev–Trinajstić information content (AvgIpc) is 3.47. The summed E-state index contributed by atoms with van der Waals surface area (Å²) in [5, 5.41) is 18.6. The first-order valence-corrected chi connectivity index (χ1v) is 14.9. The monoisotopic (exact) mass is 595 g/mol. The lowest BCUT2D eigenvalue weighted by Gasteiger charge is -2.38. The molecular formula is C31H41N5O7. The first kappa shape index (κ1) is 30.3. The Morgan fingerprint density at radius 1 is 1.02 bits per heavy atom. The van der Waals surface area contributed by atoms with Crippen LogP contribution in [0.3, 0.4) is 0 Å². The van der Waals surface area contributed by atoms with E-state index in [2.05, 4.69) is 16.0 Å². The Bertz CT molecular complexity index is 1330. The molecule has 4 N–H and O–H groups in total. The second kappa shape index (κ2) is 13.4. The molecule has 0 bridgehead atoms. The molecule has 2 aromatic rings. The van der Waals surface area contributed by atoms with Crippen LogP contribution in [0.25, 0.3) is 0 Å². The number of likely N-dealkylation sites (N-methyl/N-ethyl adjacent to an activating group) is 1. The van der Waals surface area contributed by atoms with Gasteiger partial charge in [-0.1, -0.05) is 26.2 Å². The number of nitrogens with one attached hydrogen (secondary N) is 3. The van der Waals surface area contributed by atoms with E-state index in [-0.39, 0.29) is 42.9 Å². The quantitative estimate of drug-likeness (QED) is 0.375. The maximum Gasteiger partial charge on any atom is 0.323 e. The number of carbonyl (C=O) groups is 3. The van der Waals surface area contributed by atoms with Crippen molar-refractivity contribution in [3.63, 3.8) is 0 Å². The molecule has 0 aromatic heterocycles. The number of hydrogen-bond acceptors (Lipinski definition) is 7. The van der Waals surface area contributed by atoms with E-state index in [1.165, 1.54) is 6.42 Å². The Morgan fingerprint density at radius 2 is 1.70 bits per heavy atom. The van der Waals surface area contributed by atoms with Crippen molar-refractivity contribution in [2.75, 3.05) is 44.2 Å². The van der Waals surface area contributed by atoms with Crippen LogP contribution in [0, 0.1) is 5.92 Å². The molecule has 0 unspecified atom stereocenters. The number of amides is 5. The van der Waals surface area contributed by atoms with Gasteiger partial charge in [0.2, 0.25) is 6.79 Å². The van der Waals surface area contributed by atoms with Gasteiger partial charge in [-0.25, -0.2) is 9.59 Å². The summed E-state index contributed by atoms with van der Waals surface area (Å²) in [5.41, 5.74) is 1.16. The number of urea groups is 2. The molecule has 0 saturated heterocycles. The molecule has 232 valence electrons. The molecule has 5 rings (SSSR count). The van der Waals surface area contributed by atoms with E-state index in [4.69, 9.17) is 14.2 Å². The minimum atomic E-state index is -0.504. The Labute approximate surface area is 251 Å². The maximum atomic E-state index is 13.7. The lowest BCUT2D eigenvalue weighted by atomic mass is 9.96. The van der Waals surface area contributed by atoms with E-state index in [0.717, 1.165) is 25.7 Å². The molecule has 2 aromatic carbocycles. The van der Waals surface area contributed by atoms with Crippen molar-refractivity contribution in [3.8, 4) is 17.2 Å². The number of ether oxygens (including phenoxy) is 3. The van der Waals surface area contributed by atoms with Gasteiger partial charge in [-0.2, -0.15) is 0 Å². The Kier molecular flexibility index (Phi) is 9.44. The van der Waals surface area contributed by atoms with Gasteiger partial charge in [-0.3, -0.25) is 4.79 Å². The van der Waals surface area contributed by atoms with Gasteiger partial charge >= 0.3 is 12.1 Å². The number of anilines is 2. The van der Waals surface area contributed by atoms with Gasteiger partial charge in [-0.05, 0) is 50.1 Å². The molecule has 1 aliphatic carbocycles. The zero-order valence-electron chi connectivity index (χ0n) is 24.9. The average molecular weight is 596 g/mol. The SMILES string of the molecule is C[C@@H]1CN([C@@H](C)CO)C(=O)c2cc(NC(=O)Nc3ccc4c(c3)OCO4)ccc2O[C@H]1CN(C)C(=O)NC1CCCCC1. The van der Waals surface area contributed by atoms with Crippen LogP contribution in [0.4, 0.5) is 21.0 Å². The van der Waals surface area contributed by atoms with Gasteiger partial charge in [0.1, 0.15) is 11.9 Å². The first-order valence-electron chi connectivity index (χ1n) is 14.9. The van der Waals surface area contributed by atoms with Gasteiger partial charge in [-0.15, -0.1) is 0 Å². The number of fused-ring (bicyclic) bond motifs is 2. The second-order valence-corrected chi connectivity index (χ2v) is 11.6. The minimum Gasteiger partial charge on any atom is -0.487 e. The second-order valence-electron chi connectivity index (χ2n) is 11.6. The third kappa shape index (κ3) is 7.24. The highest BCUT2D eigenvalue weighted by molar-refractivity contribution is 6.02. The normalized spacial score (nSPS) is 20.7. The maximum absolute atomic E-state index is 13.7. The fourth-order valence-corrected chi connectivity index (χ4v) is 5.67. The lowest BCUT2D eigenvalue weighted by Crippen LogP contribution is -2.52. The van der Waals surface area contributed by atoms with Crippen molar-refractivity contribution in [1.29, 1.82) is 0 Å². The Hall–Kier alpha value is -4.19. The summed E-state index contributed by atoms with van der Waals surface area (Å²) in [4.78, 5) is 42.8. The number of nitrogens with zero attached hydrogens (tertiary/aromatic N) is 2. The van der Waals surface area contributed by atoms with Crippen molar-refractivity contribution < 1.29 is 33.7 Å². The van der Waals surface area contributed by atoms with Crippen LogP contribution in [-0.2, 0) is 0 Å². The van der Waals surface area contributed by atoms with Gasteiger partial charge in [0, 0.05) is 43.0 Å². The van der Waals surface area contributed by atoms with E-state index in [0.29, 0.717) is 41.7 Å². The first-order chi connectivity index (χ1) is 20.7. The van der Waals surface area contributed by atoms with Crippen LogP contribution < -0.4 is 30.2 Å². The summed E-state index contributed by atoms with van der Waals surface area (Å²) in [5.74, 6) is 1.04. The molecule has 5 amide bonds. The van der Waals surface area contributed by atoms with Crippen LogP contribution in [0.1, 0.15) is 56.3 Å². The van der Waals surface area contributed by atoms with Gasteiger partial charge < -0.3 is 45.1 Å². The summed E-state index contributed by atoms with van der Waals surface area (Å²) in [6.45, 7) is 4.32. The van der Waals surface area contributed by atoms with Crippen molar-refractivity contribution in [3.05, 3.63) is 42.0 Å². The van der Waals surface area contributed by atoms with E-state index < -0.39 is 18.2 Å². The third-order valence-electron chi connectivity index (χ3n) is 8.29. The molecule has 1 saturated carbocycles. The van der Waals surface area contributed by atoms with Crippen molar-refractivity contribution in [1.82, 2.24) is 15.1 Å². The fraction of sp³-hybridized carbons (Fsp3) is 0.516. The molecule has 3 atom stereocenters. The standard InChI is InChI=1S/C31H41N5O7/c1-19-15-36(20(2)17-37)29(38)24-13-22(32-30(39)33-23-10-12-26-27(14-23)42-18-41-26)9-11-25(24)43-28(19)16-35(3)31(40)34-21-7-5-4-6-8-21/h9-14,19-21,28,37H,4-8,15-18H2,1-3H3,(H,34,40)(H2,32,33,39)/t19-,20+,28+/m1/s1. The molecule has 1 fully saturated rings. The summed E-state index contributed by atoms with van der Waals surface area (Å²) in [6, 6.07) is 9.06. The fourth-order valence-electron chi connectivity index (χ4n) is 5.67. The largest absolute Gasteiger partial charge is 0.487 e. The lowest BCUT2D eigenvalue weighted by molar-refractivity contribution is 0.0366. The Balaban J connectivity index is 1.32. The number of benzene rings is 2. The van der Waals surface area contributed by atoms with Gasteiger partial charge in [0.25, 0.3) is 5.91 Å². The van der Waals surface area contributed by atoms with E-state index in [1.807, 2.05) is 6.92 Å². The summed E-state index contributed by atoms with van der Waals surface area (Å²) in [6.07, 6.45) is 5.01. The third-order valence-corrected chi connectivity index (χ3v) is 8.29. The zero-order valence-corrected chi connectivity index (χ0v) is 24.9. The van der Waals surface area contributed by atoms with Crippen molar-refractivity contribution in [2.45, 2.75) is 64.1 Å². The van der Waals surface area contributed by atoms with Crippen molar-refractivity contribution >= 4 is 29.3 Å². The molecule has 43 heavy (non-hydrogen) atoms. The highest BCUT2D eigenvalue weighted by Crippen LogP contribution is 2.34. The Morgan fingerprint density at radius 3 is 2.42 bits per heavy atom. The van der Waals surface area contributed by atoms with E-state index in [9.17, 15) is 19.5 Å². The molecule has 0 radical (unpaired) electrons. The molecular weight excluding hydrogens is 554 g/mol. The minimum absolute atomic E-state index is 0.131. The predicted molar refractivity (Wildman–Crippen MR) is 161 cm³/mol. The van der Waals surface area contributed by atoms with E-state index >= 15 is 0 Å². The van der Waals surface area contributed by atoms with Crippen LogP contribution in [-0.4, -0.2) is 84.6 Å².